The van der Waals surface area contributed by atoms with Crippen molar-refractivity contribution in [3.8, 4) is 0 Å². The Morgan fingerprint density at radius 3 is 2.71 bits per heavy atom. The Balaban J connectivity index is 2.24. The van der Waals surface area contributed by atoms with Crippen LogP contribution in [0.2, 0.25) is 5.02 Å². The summed E-state index contributed by atoms with van der Waals surface area (Å²) in [6.45, 7) is 0. The van der Waals surface area contributed by atoms with Crippen LogP contribution in [0.15, 0.2) is 18.2 Å². The number of halogens is 2. The molecule has 0 radical (unpaired) electrons. The van der Waals surface area contributed by atoms with Gasteiger partial charge in [0.25, 0.3) is 0 Å². The van der Waals surface area contributed by atoms with E-state index in [0.717, 1.165) is 24.8 Å². The highest BCUT2D eigenvalue weighted by atomic mass is 35.5. The van der Waals surface area contributed by atoms with Crippen LogP contribution in [0.5, 0.6) is 0 Å². The van der Waals surface area contributed by atoms with Gasteiger partial charge in [-0.25, -0.2) is 4.39 Å². The van der Waals surface area contributed by atoms with Gasteiger partial charge in [-0.15, -0.1) is 0 Å². The molecular weight excluding hydrogens is 201 g/mol. The first-order valence-corrected chi connectivity index (χ1v) is 5.25. The lowest BCUT2D eigenvalue weighted by Gasteiger charge is -2.11. The van der Waals surface area contributed by atoms with Gasteiger partial charge in [0.1, 0.15) is 5.82 Å². The van der Waals surface area contributed by atoms with Crippen molar-refractivity contribution in [3.63, 3.8) is 0 Å². The van der Waals surface area contributed by atoms with Gasteiger partial charge in [0, 0.05) is 11.1 Å². The molecule has 1 aromatic carbocycles. The van der Waals surface area contributed by atoms with Gasteiger partial charge in [0.05, 0.1) is 0 Å². The Kier molecular flexibility index (Phi) is 2.75. The summed E-state index contributed by atoms with van der Waals surface area (Å²) in [6.07, 6.45) is 3.07. The molecule has 2 atom stereocenters. The monoisotopic (exact) mass is 213 g/mol. The SMILES string of the molecule is NC1CCC(c2ccc(F)cc2Cl)C1. The molecule has 0 aliphatic heterocycles. The first-order valence-electron chi connectivity index (χ1n) is 4.87. The van der Waals surface area contributed by atoms with E-state index in [4.69, 9.17) is 17.3 Å². The van der Waals surface area contributed by atoms with Crippen molar-refractivity contribution < 1.29 is 4.39 Å². The Morgan fingerprint density at radius 1 is 1.36 bits per heavy atom. The Bertz CT molecular complexity index is 340. The molecule has 1 saturated carbocycles. The normalized spacial score (nSPS) is 26.8. The lowest BCUT2D eigenvalue weighted by molar-refractivity contribution is 0.623. The van der Waals surface area contributed by atoms with Crippen molar-refractivity contribution in [3.05, 3.63) is 34.6 Å². The molecule has 1 aromatic rings. The van der Waals surface area contributed by atoms with E-state index in [1.54, 1.807) is 6.07 Å². The molecule has 1 fully saturated rings. The molecule has 0 amide bonds. The maximum atomic E-state index is 12.8. The largest absolute Gasteiger partial charge is 0.328 e. The first-order chi connectivity index (χ1) is 6.66. The standard InChI is InChI=1S/C11H13ClFN/c12-11-6-8(13)2-4-10(11)7-1-3-9(14)5-7/h2,4,6-7,9H,1,3,5,14H2. The minimum Gasteiger partial charge on any atom is -0.328 e. The second-order valence-electron chi connectivity index (χ2n) is 3.94. The summed E-state index contributed by atoms with van der Waals surface area (Å²) in [7, 11) is 0. The van der Waals surface area contributed by atoms with Gasteiger partial charge in [-0.3, -0.25) is 0 Å². The number of hydrogen-bond acceptors (Lipinski definition) is 1. The summed E-state index contributed by atoms with van der Waals surface area (Å²) in [4.78, 5) is 0. The van der Waals surface area contributed by atoms with E-state index >= 15 is 0 Å². The van der Waals surface area contributed by atoms with E-state index in [-0.39, 0.29) is 11.9 Å². The molecular formula is C11H13ClFN. The van der Waals surface area contributed by atoms with Crippen LogP contribution in [0.3, 0.4) is 0 Å². The third-order valence-corrected chi connectivity index (χ3v) is 3.20. The Hall–Kier alpha value is -0.600. The molecule has 1 nitrogen and oxygen atoms in total. The van der Waals surface area contributed by atoms with Crippen molar-refractivity contribution in [2.24, 2.45) is 5.73 Å². The summed E-state index contributed by atoms with van der Waals surface area (Å²) in [5, 5.41) is 0.532. The summed E-state index contributed by atoms with van der Waals surface area (Å²) in [5.74, 6) is 0.138. The van der Waals surface area contributed by atoms with Crippen molar-refractivity contribution in [1.29, 1.82) is 0 Å². The van der Waals surface area contributed by atoms with Gasteiger partial charge in [-0.1, -0.05) is 17.7 Å². The average Bonchev–Trinajstić information content (AvgIpc) is 2.51. The molecule has 76 valence electrons. The molecule has 2 N–H and O–H groups in total. The van der Waals surface area contributed by atoms with Crippen LogP contribution < -0.4 is 5.73 Å². The van der Waals surface area contributed by atoms with Crippen LogP contribution in [0.4, 0.5) is 4.39 Å². The van der Waals surface area contributed by atoms with Crippen LogP contribution in [-0.2, 0) is 0 Å². The van der Waals surface area contributed by atoms with Crippen LogP contribution in [0.25, 0.3) is 0 Å². The third-order valence-electron chi connectivity index (χ3n) is 2.88. The highest BCUT2D eigenvalue weighted by molar-refractivity contribution is 6.31. The van der Waals surface area contributed by atoms with E-state index in [1.807, 2.05) is 0 Å². The van der Waals surface area contributed by atoms with Gasteiger partial charge in [-0.2, -0.15) is 0 Å². The fourth-order valence-corrected chi connectivity index (χ4v) is 2.45. The zero-order valence-electron chi connectivity index (χ0n) is 7.84. The van der Waals surface area contributed by atoms with Crippen LogP contribution >= 0.6 is 11.6 Å². The average molecular weight is 214 g/mol. The highest BCUT2D eigenvalue weighted by Crippen LogP contribution is 2.37. The lowest BCUT2D eigenvalue weighted by atomic mass is 9.97. The van der Waals surface area contributed by atoms with Gasteiger partial charge in [0.2, 0.25) is 0 Å². The topological polar surface area (TPSA) is 26.0 Å². The van der Waals surface area contributed by atoms with Crippen molar-refractivity contribution >= 4 is 11.6 Å². The highest BCUT2D eigenvalue weighted by Gasteiger charge is 2.24. The van der Waals surface area contributed by atoms with E-state index in [1.165, 1.54) is 12.1 Å². The van der Waals surface area contributed by atoms with Crippen molar-refractivity contribution in [2.45, 2.75) is 31.2 Å². The van der Waals surface area contributed by atoms with Gasteiger partial charge in [0.15, 0.2) is 0 Å². The second kappa shape index (κ2) is 3.87. The molecule has 2 rings (SSSR count). The number of benzene rings is 1. The number of nitrogens with two attached hydrogens (primary N) is 1. The lowest BCUT2D eigenvalue weighted by Crippen LogP contribution is -2.14. The molecule has 0 aromatic heterocycles. The molecule has 0 bridgehead atoms. The summed E-state index contributed by atoms with van der Waals surface area (Å²) in [5.41, 5.74) is 6.87. The third kappa shape index (κ3) is 1.91. The molecule has 0 saturated heterocycles. The van der Waals surface area contributed by atoms with Crippen LogP contribution in [-0.4, -0.2) is 6.04 Å². The summed E-state index contributed by atoms with van der Waals surface area (Å²) in [6, 6.07) is 4.90. The fourth-order valence-electron chi connectivity index (χ4n) is 2.13. The molecule has 1 aliphatic carbocycles. The zero-order chi connectivity index (χ0) is 10.1. The molecule has 1 aliphatic rings. The second-order valence-corrected chi connectivity index (χ2v) is 4.34. The van der Waals surface area contributed by atoms with Crippen LogP contribution in [0, 0.1) is 5.82 Å². The summed E-state index contributed by atoms with van der Waals surface area (Å²) < 4.78 is 12.8. The Labute approximate surface area is 88.1 Å². The molecule has 14 heavy (non-hydrogen) atoms. The number of hydrogen-bond donors (Lipinski definition) is 1. The molecule has 3 heteroatoms. The van der Waals surface area contributed by atoms with E-state index in [9.17, 15) is 4.39 Å². The van der Waals surface area contributed by atoms with Crippen molar-refractivity contribution in [2.75, 3.05) is 0 Å². The fraction of sp³-hybridized carbons (Fsp3) is 0.455. The number of rotatable bonds is 1. The molecule has 0 heterocycles. The Morgan fingerprint density at radius 2 is 2.14 bits per heavy atom. The van der Waals surface area contributed by atoms with Gasteiger partial charge < -0.3 is 5.73 Å². The molecule has 2 unspecified atom stereocenters. The van der Waals surface area contributed by atoms with Gasteiger partial charge in [-0.05, 0) is 42.9 Å². The minimum atomic E-state index is -0.277. The quantitative estimate of drug-likeness (QED) is 0.763. The first kappa shape index (κ1) is 9.94. The van der Waals surface area contributed by atoms with Gasteiger partial charge >= 0.3 is 0 Å². The van der Waals surface area contributed by atoms with Crippen molar-refractivity contribution in [1.82, 2.24) is 0 Å². The molecule has 0 spiro atoms. The maximum absolute atomic E-state index is 12.8. The smallest absolute Gasteiger partial charge is 0.124 e. The predicted molar refractivity (Wildman–Crippen MR) is 56.0 cm³/mol. The van der Waals surface area contributed by atoms with E-state index < -0.39 is 0 Å². The van der Waals surface area contributed by atoms with Crippen LogP contribution in [0.1, 0.15) is 30.7 Å². The van der Waals surface area contributed by atoms with E-state index in [0.29, 0.717) is 10.9 Å². The minimum absolute atomic E-state index is 0.277. The zero-order valence-corrected chi connectivity index (χ0v) is 8.60. The predicted octanol–water partition coefficient (Wildman–Crippen LogP) is 3.07. The maximum Gasteiger partial charge on any atom is 0.124 e. The summed E-state index contributed by atoms with van der Waals surface area (Å²) >= 11 is 5.98. The van der Waals surface area contributed by atoms with E-state index in [2.05, 4.69) is 0 Å².